The summed E-state index contributed by atoms with van der Waals surface area (Å²) in [6, 6.07) is 6.96. The van der Waals surface area contributed by atoms with Gasteiger partial charge in [0, 0.05) is 0 Å². The van der Waals surface area contributed by atoms with Gasteiger partial charge in [0.1, 0.15) is 0 Å². The molecule has 2 bridgehead atoms. The van der Waals surface area contributed by atoms with Crippen LogP contribution in [0, 0.1) is 30.6 Å². The second-order valence-electron chi connectivity index (χ2n) is 7.25. The Morgan fingerprint density at radius 2 is 1.91 bits per heavy atom. The molecule has 0 saturated heterocycles. The molecule has 5 rings (SSSR count). The maximum atomic E-state index is 13.0. The highest BCUT2D eigenvalue weighted by molar-refractivity contribution is 7.89. The molecule has 0 aromatic heterocycles. The van der Waals surface area contributed by atoms with E-state index in [0.29, 0.717) is 28.6 Å². The minimum absolute atomic E-state index is 0.0456. The normalized spacial score (nSPS) is 40.0. The van der Waals surface area contributed by atoms with Crippen LogP contribution >= 0.6 is 0 Å². The van der Waals surface area contributed by atoms with Gasteiger partial charge in [0.25, 0.3) is 10.0 Å². The van der Waals surface area contributed by atoms with Gasteiger partial charge in [0.2, 0.25) is 0 Å². The fraction of sp³-hybridized carbons (Fsp3) is 0.529. The first-order chi connectivity index (χ1) is 11.1. The van der Waals surface area contributed by atoms with E-state index in [9.17, 15) is 8.42 Å². The molecular formula is C17H19N3O2S. The number of hydrogen-bond acceptors (Lipinski definition) is 4. The number of benzene rings is 1. The van der Waals surface area contributed by atoms with Crippen molar-refractivity contribution in [1.29, 1.82) is 0 Å². The molecule has 2 fully saturated rings. The lowest BCUT2D eigenvalue weighted by atomic mass is 9.77. The quantitative estimate of drug-likeness (QED) is 0.783. The highest BCUT2D eigenvalue weighted by atomic mass is 32.2. The van der Waals surface area contributed by atoms with Crippen molar-refractivity contribution in [2.45, 2.75) is 36.7 Å². The van der Waals surface area contributed by atoms with E-state index in [1.54, 1.807) is 12.1 Å². The smallest absolute Gasteiger partial charge is 0.200 e. The summed E-state index contributed by atoms with van der Waals surface area (Å²) in [5, 5.41) is 8.47. The molecule has 3 aliphatic carbocycles. The second kappa shape index (κ2) is 4.44. The van der Waals surface area contributed by atoms with Crippen molar-refractivity contribution in [3.8, 4) is 0 Å². The lowest BCUT2D eigenvalue weighted by Crippen LogP contribution is -2.46. The number of fused-ring (bicyclic) bond motifs is 8. The Kier molecular flexibility index (Phi) is 2.65. The van der Waals surface area contributed by atoms with E-state index in [1.807, 2.05) is 19.1 Å². The minimum atomic E-state index is -3.61. The van der Waals surface area contributed by atoms with Gasteiger partial charge in [-0.05, 0) is 55.6 Å². The average molecular weight is 329 g/mol. The molecule has 1 heterocycles. The fourth-order valence-electron chi connectivity index (χ4n) is 5.17. The largest absolute Gasteiger partial charge is 0.280 e. The summed E-state index contributed by atoms with van der Waals surface area (Å²) in [6.07, 6.45) is 6.74. The molecule has 1 aliphatic heterocycles. The van der Waals surface area contributed by atoms with Gasteiger partial charge in [-0.1, -0.05) is 35.1 Å². The van der Waals surface area contributed by atoms with Gasteiger partial charge < -0.3 is 0 Å². The molecular weight excluding hydrogens is 310 g/mol. The number of aryl methyl sites for hydroxylation is 1. The third kappa shape index (κ3) is 1.70. The number of allylic oxidation sites excluding steroid dienone is 2. The molecule has 2 saturated carbocycles. The molecule has 23 heavy (non-hydrogen) atoms. The van der Waals surface area contributed by atoms with Crippen LogP contribution in [-0.4, -0.2) is 24.9 Å². The molecule has 6 atom stereocenters. The van der Waals surface area contributed by atoms with E-state index in [4.69, 9.17) is 0 Å². The first-order valence-corrected chi connectivity index (χ1v) is 9.70. The summed E-state index contributed by atoms with van der Waals surface area (Å²) in [4.78, 5) is 0.312. The molecule has 0 N–H and O–H groups in total. The summed E-state index contributed by atoms with van der Waals surface area (Å²) in [7, 11) is -3.61. The highest BCUT2D eigenvalue weighted by Gasteiger charge is 2.63. The summed E-state index contributed by atoms with van der Waals surface area (Å²) < 4.78 is 27.3. The molecule has 4 aliphatic rings. The summed E-state index contributed by atoms with van der Waals surface area (Å²) in [5.74, 6) is 2.03. The lowest BCUT2D eigenvalue weighted by molar-refractivity contribution is 0.177. The second-order valence-corrected chi connectivity index (χ2v) is 9.04. The van der Waals surface area contributed by atoms with Crippen molar-refractivity contribution >= 4 is 10.0 Å². The number of rotatable bonds is 2. The van der Waals surface area contributed by atoms with Crippen molar-refractivity contribution in [2.24, 2.45) is 34.0 Å². The summed E-state index contributed by atoms with van der Waals surface area (Å²) in [6.45, 7) is 1.95. The Hall–Kier alpha value is -1.69. The number of nitrogens with zero attached hydrogens (tertiary/aromatic N) is 3. The van der Waals surface area contributed by atoms with Crippen LogP contribution < -0.4 is 0 Å². The van der Waals surface area contributed by atoms with Gasteiger partial charge in [-0.15, -0.1) is 0 Å². The van der Waals surface area contributed by atoms with Gasteiger partial charge in [0.15, 0.2) is 0 Å². The Labute approximate surface area is 136 Å². The van der Waals surface area contributed by atoms with Gasteiger partial charge in [-0.25, -0.2) is 0 Å². The van der Waals surface area contributed by atoms with Crippen LogP contribution in [0.1, 0.15) is 18.4 Å². The average Bonchev–Trinajstić information content (AvgIpc) is 3.25. The molecule has 0 amide bonds. The zero-order valence-corrected chi connectivity index (χ0v) is 13.7. The molecule has 1 aromatic rings. The van der Waals surface area contributed by atoms with Crippen LogP contribution in [0.2, 0.25) is 0 Å². The van der Waals surface area contributed by atoms with E-state index in [2.05, 4.69) is 22.5 Å². The summed E-state index contributed by atoms with van der Waals surface area (Å²) >= 11 is 0. The lowest BCUT2D eigenvalue weighted by Gasteiger charge is -2.35. The predicted molar refractivity (Wildman–Crippen MR) is 85.0 cm³/mol. The van der Waals surface area contributed by atoms with Crippen LogP contribution in [0.4, 0.5) is 0 Å². The zero-order chi connectivity index (χ0) is 15.8. The molecule has 6 heteroatoms. The van der Waals surface area contributed by atoms with E-state index in [-0.39, 0.29) is 12.1 Å². The number of hydrogen-bond donors (Lipinski definition) is 0. The molecule has 120 valence electrons. The van der Waals surface area contributed by atoms with Crippen LogP contribution in [-0.2, 0) is 10.0 Å². The zero-order valence-electron chi connectivity index (χ0n) is 12.9. The summed E-state index contributed by atoms with van der Waals surface area (Å²) in [5.41, 5.74) is 1.05. The van der Waals surface area contributed by atoms with Crippen LogP contribution in [0.15, 0.2) is 51.7 Å². The van der Waals surface area contributed by atoms with Gasteiger partial charge in [0.05, 0.1) is 17.0 Å². The van der Waals surface area contributed by atoms with Gasteiger partial charge in [-0.2, -0.15) is 17.9 Å². The Morgan fingerprint density at radius 3 is 2.70 bits per heavy atom. The standard InChI is InChI=1S/C17H19N3O2S/c1-10-5-7-11(8-6-10)23(21,22)20-17-15-9-14(16(17)18-19-20)12-3-2-4-13(12)15/h2-3,5-8,12-17H,4,9H2,1H3/t12-,13+,14+,15-,16-,17+/m0/s1. The first kappa shape index (κ1) is 13.7. The molecule has 1 aromatic carbocycles. The van der Waals surface area contributed by atoms with Crippen molar-refractivity contribution in [2.75, 3.05) is 0 Å². The third-order valence-electron chi connectivity index (χ3n) is 6.17. The van der Waals surface area contributed by atoms with Crippen molar-refractivity contribution < 1.29 is 8.42 Å². The Morgan fingerprint density at radius 1 is 1.13 bits per heavy atom. The van der Waals surface area contributed by atoms with E-state index in [1.165, 1.54) is 4.41 Å². The monoisotopic (exact) mass is 329 g/mol. The molecule has 0 radical (unpaired) electrons. The Balaban J connectivity index is 1.51. The topological polar surface area (TPSA) is 62.1 Å². The maximum absolute atomic E-state index is 13.0. The van der Waals surface area contributed by atoms with Crippen LogP contribution in [0.25, 0.3) is 0 Å². The fourth-order valence-corrected chi connectivity index (χ4v) is 6.61. The highest BCUT2D eigenvalue weighted by Crippen LogP contribution is 2.60. The van der Waals surface area contributed by atoms with E-state index < -0.39 is 10.0 Å². The van der Waals surface area contributed by atoms with Gasteiger partial charge in [-0.3, -0.25) is 0 Å². The Bertz CT molecular complexity index is 815. The van der Waals surface area contributed by atoms with Crippen LogP contribution in [0.5, 0.6) is 0 Å². The van der Waals surface area contributed by atoms with Gasteiger partial charge >= 0.3 is 0 Å². The van der Waals surface area contributed by atoms with E-state index >= 15 is 0 Å². The minimum Gasteiger partial charge on any atom is -0.200 e. The predicted octanol–water partition coefficient (Wildman–Crippen LogP) is 2.95. The SMILES string of the molecule is Cc1ccc(S(=O)(=O)N2N=N[C@H]3[C@@H]4C[C@@H]([C@@H]5CC=C[C@@H]54)[C@H]32)cc1. The van der Waals surface area contributed by atoms with Crippen molar-refractivity contribution in [3.05, 3.63) is 42.0 Å². The van der Waals surface area contributed by atoms with Crippen LogP contribution in [0.3, 0.4) is 0 Å². The van der Waals surface area contributed by atoms with Crippen molar-refractivity contribution in [1.82, 2.24) is 4.41 Å². The third-order valence-corrected chi connectivity index (χ3v) is 7.85. The molecule has 0 unspecified atom stereocenters. The number of sulfonamides is 1. The molecule has 5 nitrogen and oxygen atoms in total. The first-order valence-electron chi connectivity index (χ1n) is 8.26. The maximum Gasteiger partial charge on any atom is 0.280 e. The molecule has 0 spiro atoms. The van der Waals surface area contributed by atoms with Crippen molar-refractivity contribution in [3.63, 3.8) is 0 Å². The van der Waals surface area contributed by atoms with E-state index in [0.717, 1.165) is 18.4 Å².